The van der Waals surface area contributed by atoms with Crippen molar-refractivity contribution in [2.24, 2.45) is 0 Å². The molecule has 4 rings (SSSR count). The first-order valence-electron chi connectivity index (χ1n) is 19.6. The summed E-state index contributed by atoms with van der Waals surface area (Å²) in [5.41, 5.74) is 1.97. The molecule has 0 saturated heterocycles. The number of benzene rings is 4. The number of anilines is 1. The van der Waals surface area contributed by atoms with Crippen LogP contribution in [-0.2, 0) is 9.53 Å². The molecule has 0 fully saturated rings. The van der Waals surface area contributed by atoms with Crippen molar-refractivity contribution in [3.63, 3.8) is 0 Å². The highest BCUT2D eigenvalue weighted by Crippen LogP contribution is 2.22. The van der Waals surface area contributed by atoms with Crippen LogP contribution in [0.2, 0.25) is 0 Å². The van der Waals surface area contributed by atoms with Gasteiger partial charge >= 0.3 is 17.9 Å². The van der Waals surface area contributed by atoms with Gasteiger partial charge in [-0.05, 0) is 129 Å². The second-order valence-electron chi connectivity index (χ2n) is 13.3. The van der Waals surface area contributed by atoms with Crippen molar-refractivity contribution in [1.29, 1.82) is 0 Å². The van der Waals surface area contributed by atoms with Crippen molar-refractivity contribution in [2.45, 2.75) is 71.1 Å². The Morgan fingerprint density at radius 1 is 0.518 bits per heavy atom. The van der Waals surface area contributed by atoms with Gasteiger partial charge in [-0.25, -0.2) is 14.4 Å². The van der Waals surface area contributed by atoms with Crippen molar-refractivity contribution >= 4 is 23.6 Å². The minimum atomic E-state index is -0.427. The third-order valence-corrected chi connectivity index (χ3v) is 8.84. The molecule has 56 heavy (non-hydrogen) atoms. The van der Waals surface area contributed by atoms with Gasteiger partial charge in [0.15, 0.2) is 0 Å². The molecule has 0 bridgehead atoms. The zero-order valence-electron chi connectivity index (χ0n) is 32.8. The molecular weight excluding hydrogens is 711 g/mol. The summed E-state index contributed by atoms with van der Waals surface area (Å²) in [6.45, 7) is 8.54. The van der Waals surface area contributed by atoms with E-state index < -0.39 is 17.9 Å². The number of carbonyl (C=O) groups excluding carboxylic acids is 3. The van der Waals surface area contributed by atoms with Gasteiger partial charge in [-0.2, -0.15) is 0 Å². The zero-order valence-corrected chi connectivity index (χ0v) is 32.8. The van der Waals surface area contributed by atoms with Crippen molar-refractivity contribution < 1.29 is 42.8 Å². The molecule has 0 aliphatic carbocycles. The molecule has 0 heterocycles. The largest absolute Gasteiger partial charge is 0.494 e. The lowest BCUT2D eigenvalue weighted by Gasteiger charge is -2.19. The molecule has 0 spiro atoms. The molecule has 0 radical (unpaired) electrons. The first-order valence-corrected chi connectivity index (χ1v) is 19.6. The molecule has 0 amide bonds. The molecule has 0 aliphatic heterocycles. The van der Waals surface area contributed by atoms with Crippen LogP contribution in [0, 0.1) is 0 Å². The second-order valence-corrected chi connectivity index (χ2v) is 13.3. The molecule has 0 unspecified atom stereocenters. The number of hydrogen-bond donors (Lipinski definition) is 0. The summed E-state index contributed by atoms with van der Waals surface area (Å²) < 4.78 is 33.3. The Hall–Kier alpha value is -5.77. The smallest absolute Gasteiger partial charge is 0.343 e. The van der Waals surface area contributed by atoms with Gasteiger partial charge in [-0.1, -0.05) is 45.6 Å². The van der Waals surface area contributed by atoms with Crippen LogP contribution in [0.25, 0.3) is 0 Å². The van der Waals surface area contributed by atoms with Crippen molar-refractivity contribution in [1.82, 2.24) is 0 Å². The average Bonchev–Trinajstić information content (AvgIpc) is 3.23. The summed E-state index contributed by atoms with van der Waals surface area (Å²) in [7, 11) is 2.05. The molecular formula is C46H55NO9. The number of nitrogens with zero attached hydrogens (tertiary/aromatic N) is 1. The molecule has 10 heteroatoms. The third-order valence-electron chi connectivity index (χ3n) is 8.84. The Morgan fingerprint density at radius 3 is 1.41 bits per heavy atom. The van der Waals surface area contributed by atoms with Crippen LogP contribution >= 0.6 is 0 Å². The number of rotatable bonds is 26. The highest BCUT2D eigenvalue weighted by Gasteiger charge is 2.11. The van der Waals surface area contributed by atoms with Crippen LogP contribution in [0.1, 0.15) is 91.8 Å². The number of unbranched alkanes of at least 4 members (excludes halogenated alkanes) is 7. The summed E-state index contributed by atoms with van der Waals surface area (Å²) >= 11 is 0. The Morgan fingerprint density at radius 2 is 0.911 bits per heavy atom. The molecule has 0 aliphatic rings. The number of hydrogen-bond acceptors (Lipinski definition) is 10. The van der Waals surface area contributed by atoms with Gasteiger partial charge in [0.05, 0.1) is 37.6 Å². The van der Waals surface area contributed by atoms with E-state index in [1.165, 1.54) is 0 Å². The standard InChI is InChI=1S/C46H55NO9/c1-4-6-11-32-51-40-23-27-43(28-24-40)56-46(50)37-17-21-39(22-18-37)52-33-12-9-7-8-10-31-47(3)38-19-15-36(16-20-38)45(49)55-42-29-25-41(26-30-42)53-34-13-14-35-54-44(48)5-2/h5,15-30H,2,4,6-14,31-35H2,1,3H3. The van der Waals surface area contributed by atoms with Gasteiger partial charge in [-0.3, -0.25) is 0 Å². The molecule has 4 aromatic carbocycles. The number of esters is 3. The van der Waals surface area contributed by atoms with E-state index in [0.717, 1.165) is 87.6 Å². The summed E-state index contributed by atoms with van der Waals surface area (Å²) in [6, 6.07) is 28.5. The van der Waals surface area contributed by atoms with Crippen molar-refractivity contribution in [2.75, 3.05) is 44.9 Å². The van der Waals surface area contributed by atoms with Crippen LogP contribution < -0.4 is 28.6 Å². The van der Waals surface area contributed by atoms with Crippen LogP contribution in [-0.4, -0.2) is 57.9 Å². The van der Waals surface area contributed by atoms with E-state index in [1.807, 2.05) is 24.3 Å². The van der Waals surface area contributed by atoms with Gasteiger partial charge in [0.25, 0.3) is 0 Å². The number of ether oxygens (including phenoxy) is 6. The van der Waals surface area contributed by atoms with Crippen molar-refractivity contribution in [3.05, 3.63) is 121 Å². The SMILES string of the molecule is C=CC(=O)OCCCCOc1ccc(OC(=O)c2ccc(N(C)CCCCCCCOc3ccc(C(=O)Oc4ccc(OCCCCC)cc4)cc3)cc2)cc1. The molecule has 0 saturated carbocycles. The zero-order chi connectivity index (χ0) is 39.8. The first-order chi connectivity index (χ1) is 27.3. The summed E-state index contributed by atoms with van der Waals surface area (Å²) in [5, 5.41) is 0. The molecule has 0 aromatic heterocycles. The van der Waals surface area contributed by atoms with Gasteiger partial charge < -0.3 is 33.3 Å². The molecule has 298 valence electrons. The van der Waals surface area contributed by atoms with Crippen LogP contribution in [0.15, 0.2) is 110 Å². The maximum atomic E-state index is 12.7. The lowest BCUT2D eigenvalue weighted by molar-refractivity contribution is -0.137. The fraction of sp³-hybridized carbons (Fsp3) is 0.370. The molecule has 0 N–H and O–H groups in total. The second kappa shape index (κ2) is 24.6. The highest BCUT2D eigenvalue weighted by molar-refractivity contribution is 5.92. The highest BCUT2D eigenvalue weighted by atomic mass is 16.5. The van der Waals surface area contributed by atoms with Crippen LogP contribution in [0.3, 0.4) is 0 Å². The minimum absolute atomic E-state index is 0.328. The average molecular weight is 766 g/mol. The fourth-order valence-corrected chi connectivity index (χ4v) is 5.55. The van der Waals surface area contributed by atoms with Crippen LogP contribution in [0.4, 0.5) is 5.69 Å². The van der Waals surface area contributed by atoms with E-state index in [1.54, 1.807) is 72.8 Å². The first kappa shape index (κ1) is 43.0. The lowest BCUT2D eigenvalue weighted by Crippen LogP contribution is -2.18. The van der Waals surface area contributed by atoms with E-state index in [2.05, 4.69) is 25.5 Å². The topological polar surface area (TPSA) is 110 Å². The van der Waals surface area contributed by atoms with Gasteiger partial charge in [-0.15, -0.1) is 0 Å². The molecule has 10 nitrogen and oxygen atoms in total. The molecule has 4 aromatic rings. The third kappa shape index (κ3) is 15.9. The predicted octanol–water partition coefficient (Wildman–Crippen LogP) is 10.0. The summed E-state index contributed by atoms with van der Waals surface area (Å²) in [6.07, 6.45) is 11.2. The van der Waals surface area contributed by atoms with Crippen molar-refractivity contribution in [3.8, 4) is 28.7 Å². The fourth-order valence-electron chi connectivity index (χ4n) is 5.55. The lowest BCUT2D eigenvalue weighted by atomic mass is 10.1. The number of carbonyl (C=O) groups is 3. The van der Waals surface area contributed by atoms with E-state index in [9.17, 15) is 14.4 Å². The van der Waals surface area contributed by atoms with Gasteiger partial charge in [0, 0.05) is 25.4 Å². The summed E-state index contributed by atoms with van der Waals surface area (Å²) in [4.78, 5) is 38.5. The van der Waals surface area contributed by atoms with E-state index in [0.29, 0.717) is 61.2 Å². The van der Waals surface area contributed by atoms with Gasteiger partial charge in [0.1, 0.15) is 28.7 Å². The van der Waals surface area contributed by atoms with Gasteiger partial charge in [0.2, 0.25) is 0 Å². The van der Waals surface area contributed by atoms with E-state index in [4.69, 9.17) is 28.4 Å². The maximum absolute atomic E-state index is 12.7. The normalized spacial score (nSPS) is 10.6. The Labute approximate surface area is 331 Å². The minimum Gasteiger partial charge on any atom is -0.494 e. The Bertz CT molecular complexity index is 1750. The van der Waals surface area contributed by atoms with E-state index >= 15 is 0 Å². The van der Waals surface area contributed by atoms with E-state index in [-0.39, 0.29) is 0 Å². The predicted molar refractivity (Wildman–Crippen MR) is 218 cm³/mol. The quantitative estimate of drug-likeness (QED) is 0.0265. The molecule has 0 atom stereocenters. The van der Waals surface area contributed by atoms with Crippen LogP contribution in [0.5, 0.6) is 28.7 Å². The maximum Gasteiger partial charge on any atom is 0.343 e. The monoisotopic (exact) mass is 765 g/mol. The Balaban J connectivity index is 1.03. The summed E-state index contributed by atoms with van der Waals surface area (Å²) in [5.74, 6) is 1.79. The Kier molecular flexibility index (Phi) is 18.9.